The lowest BCUT2D eigenvalue weighted by atomic mass is 10.2. The highest BCUT2D eigenvalue weighted by molar-refractivity contribution is 5.59. The lowest BCUT2D eigenvalue weighted by molar-refractivity contribution is 0.0220. The summed E-state index contributed by atoms with van der Waals surface area (Å²) in [7, 11) is 0. The molecule has 4 nitrogen and oxygen atoms in total. The minimum atomic E-state index is -0.609. The SMILES string of the molecule is CCCCOCCOC(=O)OCC(C)C. The second-order valence-electron chi connectivity index (χ2n) is 3.77. The van der Waals surface area contributed by atoms with Crippen LogP contribution in [0, 0.1) is 5.92 Å². The molecule has 0 aromatic carbocycles. The van der Waals surface area contributed by atoms with Crippen LogP contribution < -0.4 is 0 Å². The Morgan fingerprint density at radius 2 is 1.87 bits per heavy atom. The van der Waals surface area contributed by atoms with E-state index in [-0.39, 0.29) is 6.61 Å². The highest BCUT2D eigenvalue weighted by atomic mass is 16.7. The van der Waals surface area contributed by atoms with E-state index in [0.717, 1.165) is 19.4 Å². The fraction of sp³-hybridized carbons (Fsp3) is 0.909. The van der Waals surface area contributed by atoms with Gasteiger partial charge in [-0.2, -0.15) is 0 Å². The maximum Gasteiger partial charge on any atom is 0.508 e. The summed E-state index contributed by atoms with van der Waals surface area (Å²) in [5.74, 6) is 0.332. The molecule has 0 fully saturated rings. The second kappa shape index (κ2) is 9.77. The first-order chi connectivity index (χ1) is 7.16. The minimum absolute atomic E-state index is 0.265. The Morgan fingerprint density at radius 3 is 2.47 bits per heavy atom. The predicted octanol–water partition coefficient (Wildman–Crippen LogP) is 2.61. The van der Waals surface area contributed by atoms with Crippen molar-refractivity contribution in [3.8, 4) is 0 Å². The van der Waals surface area contributed by atoms with E-state index in [1.54, 1.807) is 0 Å². The van der Waals surface area contributed by atoms with Gasteiger partial charge in [0.1, 0.15) is 6.61 Å². The van der Waals surface area contributed by atoms with Crippen LogP contribution in [0.4, 0.5) is 4.79 Å². The van der Waals surface area contributed by atoms with Crippen LogP contribution >= 0.6 is 0 Å². The molecule has 0 unspecified atom stereocenters. The third-order valence-electron chi connectivity index (χ3n) is 1.62. The molecule has 0 aliphatic carbocycles. The van der Waals surface area contributed by atoms with Crippen molar-refractivity contribution < 1.29 is 19.0 Å². The van der Waals surface area contributed by atoms with E-state index in [9.17, 15) is 4.79 Å². The Kier molecular flexibility index (Phi) is 9.27. The maximum atomic E-state index is 10.9. The van der Waals surface area contributed by atoms with Crippen molar-refractivity contribution in [3.05, 3.63) is 0 Å². The van der Waals surface area contributed by atoms with E-state index in [0.29, 0.717) is 19.1 Å². The molecule has 0 saturated carbocycles. The van der Waals surface area contributed by atoms with Gasteiger partial charge in [0.15, 0.2) is 0 Å². The van der Waals surface area contributed by atoms with Gasteiger partial charge in [0.05, 0.1) is 13.2 Å². The Morgan fingerprint density at radius 1 is 1.13 bits per heavy atom. The van der Waals surface area contributed by atoms with Gasteiger partial charge < -0.3 is 14.2 Å². The van der Waals surface area contributed by atoms with Gasteiger partial charge in [0.2, 0.25) is 0 Å². The first-order valence-corrected chi connectivity index (χ1v) is 5.54. The van der Waals surface area contributed by atoms with Gasteiger partial charge >= 0.3 is 6.16 Å². The monoisotopic (exact) mass is 218 g/mol. The highest BCUT2D eigenvalue weighted by Gasteiger charge is 2.04. The second-order valence-corrected chi connectivity index (χ2v) is 3.77. The molecule has 0 aromatic rings. The summed E-state index contributed by atoms with van der Waals surface area (Å²) >= 11 is 0. The summed E-state index contributed by atoms with van der Waals surface area (Å²) in [5, 5.41) is 0. The molecule has 4 heteroatoms. The number of unbranched alkanes of at least 4 members (excludes halogenated alkanes) is 1. The van der Waals surface area contributed by atoms with Crippen molar-refractivity contribution in [1.29, 1.82) is 0 Å². The molecule has 0 N–H and O–H groups in total. The number of ether oxygens (including phenoxy) is 3. The Labute approximate surface area is 91.9 Å². The molecule has 90 valence electrons. The Bertz CT molecular complexity index is 157. The van der Waals surface area contributed by atoms with E-state index in [1.165, 1.54) is 0 Å². The molecule has 0 spiro atoms. The predicted molar refractivity (Wildman–Crippen MR) is 57.9 cm³/mol. The minimum Gasteiger partial charge on any atom is -0.434 e. The first kappa shape index (κ1) is 14.2. The van der Waals surface area contributed by atoms with Crippen LogP contribution in [-0.4, -0.2) is 32.6 Å². The molecule has 0 amide bonds. The molecule has 15 heavy (non-hydrogen) atoms. The molecular weight excluding hydrogens is 196 g/mol. The van der Waals surface area contributed by atoms with E-state index in [4.69, 9.17) is 14.2 Å². The van der Waals surface area contributed by atoms with Gasteiger partial charge in [-0.25, -0.2) is 4.79 Å². The van der Waals surface area contributed by atoms with Crippen LogP contribution in [-0.2, 0) is 14.2 Å². The van der Waals surface area contributed by atoms with E-state index in [1.807, 2.05) is 13.8 Å². The number of carbonyl (C=O) groups excluding carboxylic acids is 1. The van der Waals surface area contributed by atoms with Crippen LogP contribution in [0.5, 0.6) is 0 Å². The molecule has 0 heterocycles. The van der Waals surface area contributed by atoms with Gasteiger partial charge in [-0.1, -0.05) is 27.2 Å². The van der Waals surface area contributed by atoms with E-state index < -0.39 is 6.16 Å². The molecule has 0 rings (SSSR count). The molecule has 0 radical (unpaired) electrons. The number of hydrogen-bond acceptors (Lipinski definition) is 4. The van der Waals surface area contributed by atoms with Crippen LogP contribution in [0.2, 0.25) is 0 Å². The zero-order valence-corrected chi connectivity index (χ0v) is 9.95. The van der Waals surface area contributed by atoms with Crippen molar-refractivity contribution in [2.75, 3.05) is 26.4 Å². The van der Waals surface area contributed by atoms with Gasteiger partial charge in [-0.05, 0) is 12.3 Å². The number of carbonyl (C=O) groups is 1. The summed E-state index contributed by atoms with van der Waals surface area (Å²) in [5.41, 5.74) is 0. The maximum absolute atomic E-state index is 10.9. The lowest BCUT2D eigenvalue weighted by Gasteiger charge is -2.08. The molecule has 0 aliphatic rings. The largest absolute Gasteiger partial charge is 0.508 e. The fourth-order valence-electron chi connectivity index (χ4n) is 0.809. The number of hydrogen-bond donors (Lipinski definition) is 0. The Balaban J connectivity index is 3.17. The van der Waals surface area contributed by atoms with Gasteiger partial charge in [-0.3, -0.25) is 0 Å². The normalized spacial score (nSPS) is 10.4. The average Bonchev–Trinajstić information content (AvgIpc) is 2.20. The van der Waals surface area contributed by atoms with Gasteiger partial charge in [0.25, 0.3) is 0 Å². The van der Waals surface area contributed by atoms with Crippen LogP contribution in [0.1, 0.15) is 33.6 Å². The van der Waals surface area contributed by atoms with E-state index in [2.05, 4.69) is 6.92 Å². The third kappa shape index (κ3) is 11.2. The van der Waals surface area contributed by atoms with Crippen molar-refractivity contribution in [2.24, 2.45) is 5.92 Å². The third-order valence-corrected chi connectivity index (χ3v) is 1.62. The van der Waals surface area contributed by atoms with Crippen molar-refractivity contribution >= 4 is 6.16 Å². The Hall–Kier alpha value is -0.770. The fourth-order valence-corrected chi connectivity index (χ4v) is 0.809. The molecule has 0 bridgehead atoms. The summed E-state index contributed by atoms with van der Waals surface area (Å²) in [4.78, 5) is 10.9. The van der Waals surface area contributed by atoms with Crippen LogP contribution in [0.3, 0.4) is 0 Å². The van der Waals surface area contributed by atoms with Crippen LogP contribution in [0.25, 0.3) is 0 Å². The number of rotatable bonds is 8. The summed E-state index contributed by atoms with van der Waals surface area (Å²) < 4.78 is 14.8. The zero-order chi connectivity index (χ0) is 11.5. The highest BCUT2D eigenvalue weighted by Crippen LogP contribution is 1.95. The topological polar surface area (TPSA) is 44.8 Å². The van der Waals surface area contributed by atoms with Crippen molar-refractivity contribution in [2.45, 2.75) is 33.6 Å². The summed E-state index contributed by atoms with van der Waals surface area (Å²) in [6, 6.07) is 0. The van der Waals surface area contributed by atoms with Gasteiger partial charge in [0, 0.05) is 6.61 Å². The van der Waals surface area contributed by atoms with E-state index >= 15 is 0 Å². The smallest absolute Gasteiger partial charge is 0.434 e. The standard InChI is InChI=1S/C11H22O4/c1-4-5-6-13-7-8-14-11(12)15-9-10(2)3/h10H,4-9H2,1-3H3. The average molecular weight is 218 g/mol. The van der Waals surface area contributed by atoms with Crippen molar-refractivity contribution in [3.63, 3.8) is 0 Å². The molecule has 0 aliphatic heterocycles. The summed E-state index contributed by atoms with van der Waals surface area (Å²) in [6.07, 6.45) is 1.54. The lowest BCUT2D eigenvalue weighted by Crippen LogP contribution is -2.14. The molecule has 0 aromatic heterocycles. The quantitative estimate of drug-likeness (QED) is 0.464. The van der Waals surface area contributed by atoms with Crippen molar-refractivity contribution in [1.82, 2.24) is 0 Å². The van der Waals surface area contributed by atoms with Crippen LogP contribution in [0.15, 0.2) is 0 Å². The van der Waals surface area contributed by atoms with Gasteiger partial charge in [-0.15, -0.1) is 0 Å². The zero-order valence-electron chi connectivity index (χ0n) is 9.95. The molecule has 0 atom stereocenters. The molecule has 0 saturated heterocycles. The molecular formula is C11H22O4. The summed E-state index contributed by atoms with van der Waals surface area (Å²) in [6.45, 7) is 7.87. The first-order valence-electron chi connectivity index (χ1n) is 5.54.